The third-order valence-electron chi connectivity index (χ3n) is 3.37. The van der Waals surface area contributed by atoms with E-state index >= 15 is 0 Å². The number of rotatable bonds is 5. The summed E-state index contributed by atoms with van der Waals surface area (Å²) in [5.74, 6) is 0. The molecule has 0 aromatic heterocycles. The zero-order valence-electron chi connectivity index (χ0n) is 13.1. The minimum atomic E-state index is -3.76. The molecule has 0 aliphatic carbocycles. The molecule has 0 aliphatic heterocycles. The van der Waals surface area contributed by atoms with Gasteiger partial charge >= 0.3 is 0 Å². The Morgan fingerprint density at radius 2 is 1.48 bits per heavy atom. The Labute approximate surface area is 137 Å². The van der Waals surface area contributed by atoms with E-state index in [1.54, 1.807) is 26.0 Å². The summed E-state index contributed by atoms with van der Waals surface area (Å²) in [5, 5.41) is -0.577. The maximum absolute atomic E-state index is 12.3. The molecular formula is C16H19NO4S2. The molecule has 2 aromatic carbocycles. The number of sulfone groups is 1. The molecule has 23 heavy (non-hydrogen) atoms. The number of nitrogens with one attached hydrogen (secondary N) is 1. The van der Waals surface area contributed by atoms with Crippen LogP contribution in [0.3, 0.4) is 0 Å². The molecule has 0 aliphatic rings. The van der Waals surface area contributed by atoms with Crippen LogP contribution in [0.5, 0.6) is 0 Å². The molecule has 5 nitrogen and oxygen atoms in total. The van der Waals surface area contributed by atoms with Crippen LogP contribution in [0.15, 0.2) is 58.3 Å². The van der Waals surface area contributed by atoms with Crippen molar-refractivity contribution in [3.63, 3.8) is 0 Å². The van der Waals surface area contributed by atoms with Gasteiger partial charge in [0.25, 0.3) is 10.0 Å². The molecule has 1 N–H and O–H groups in total. The topological polar surface area (TPSA) is 80.3 Å². The molecule has 0 fully saturated rings. The highest BCUT2D eigenvalue weighted by Crippen LogP contribution is 2.22. The monoisotopic (exact) mass is 353 g/mol. The van der Waals surface area contributed by atoms with Crippen molar-refractivity contribution in [2.24, 2.45) is 0 Å². The summed E-state index contributed by atoms with van der Waals surface area (Å²) in [6.45, 7) is 5.03. The van der Waals surface area contributed by atoms with Crippen molar-refractivity contribution < 1.29 is 16.8 Å². The highest BCUT2D eigenvalue weighted by Gasteiger charge is 2.20. The average Bonchev–Trinajstić information content (AvgIpc) is 2.47. The SMILES string of the molecule is Cc1ccc(S(=O)(=O)Nc2cccc(S(=O)(=O)C(C)C)c2)cc1. The van der Waals surface area contributed by atoms with E-state index in [0.29, 0.717) is 0 Å². The fourth-order valence-corrected chi connectivity index (χ4v) is 4.09. The van der Waals surface area contributed by atoms with Gasteiger partial charge in [0.15, 0.2) is 9.84 Å². The van der Waals surface area contributed by atoms with Crippen molar-refractivity contribution in [3.8, 4) is 0 Å². The van der Waals surface area contributed by atoms with Crippen LogP contribution in [-0.2, 0) is 19.9 Å². The van der Waals surface area contributed by atoms with Gasteiger partial charge in [-0.3, -0.25) is 4.72 Å². The maximum Gasteiger partial charge on any atom is 0.261 e. The number of aryl methyl sites for hydroxylation is 1. The zero-order valence-corrected chi connectivity index (χ0v) is 14.8. The third kappa shape index (κ3) is 3.92. The quantitative estimate of drug-likeness (QED) is 0.896. The Kier molecular flexibility index (Phi) is 4.81. The largest absolute Gasteiger partial charge is 0.280 e. The third-order valence-corrected chi connectivity index (χ3v) is 6.92. The van der Waals surface area contributed by atoms with Gasteiger partial charge in [-0.2, -0.15) is 0 Å². The van der Waals surface area contributed by atoms with Crippen molar-refractivity contribution >= 4 is 25.5 Å². The summed E-state index contributed by atoms with van der Waals surface area (Å²) < 4.78 is 51.5. The summed E-state index contributed by atoms with van der Waals surface area (Å²) in [7, 11) is -7.22. The van der Waals surface area contributed by atoms with Crippen LogP contribution in [0.25, 0.3) is 0 Å². The summed E-state index contributed by atoms with van der Waals surface area (Å²) in [6.07, 6.45) is 0. The van der Waals surface area contributed by atoms with E-state index in [9.17, 15) is 16.8 Å². The number of sulfonamides is 1. The lowest BCUT2D eigenvalue weighted by molar-refractivity contribution is 0.587. The van der Waals surface area contributed by atoms with Gasteiger partial charge < -0.3 is 0 Å². The maximum atomic E-state index is 12.3. The van der Waals surface area contributed by atoms with Gasteiger partial charge in [-0.1, -0.05) is 23.8 Å². The van der Waals surface area contributed by atoms with E-state index in [-0.39, 0.29) is 15.5 Å². The fraction of sp³-hybridized carbons (Fsp3) is 0.250. The number of benzene rings is 2. The minimum absolute atomic E-state index is 0.0941. The van der Waals surface area contributed by atoms with E-state index in [0.717, 1.165) is 5.56 Å². The van der Waals surface area contributed by atoms with Gasteiger partial charge in [-0.25, -0.2) is 16.8 Å². The first-order chi connectivity index (χ1) is 10.6. The Balaban J connectivity index is 2.36. The molecule has 0 heterocycles. The Morgan fingerprint density at radius 3 is 2.04 bits per heavy atom. The molecule has 2 aromatic rings. The van der Waals surface area contributed by atoms with Gasteiger partial charge in [0.1, 0.15) is 0 Å². The standard InChI is InChI=1S/C16H19NO4S2/c1-12(2)22(18,19)16-6-4-5-14(11-16)17-23(20,21)15-9-7-13(3)8-10-15/h4-12,17H,1-3H3. The average molecular weight is 353 g/mol. The Morgan fingerprint density at radius 1 is 0.870 bits per heavy atom. The van der Waals surface area contributed by atoms with Crippen LogP contribution in [0.4, 0.5) is 5.69 Å². The van der Waals surface area contributed by atoms with E-state index in [1.807, 2.05) is 6.92 Å². The lowest BCUT2D eigenvalue weighted by Gasteiger charge is -2.11. The lowest BCUT2D eigenvalue weighted by atomic mass is 10.2. The molecule has 124 valence electrons. The second-order valence-corrected chi connectivity index (χ2v) is 9.73. The Bertz CT molecular complexity index is 899. The second kappa shape index (κ2) is 6.33. The molecule has 2 rings (SSSR count). The van der Waals surface area contributed by atoms with Crippen molar-refractivity contribution in [1.82, 2.24) is 0 Å². The predicted octanol–water partition coefficient (Wildman–Crippen LogP) is 2.98. The van der Waals surface area contributed by atoms with Crippen LogP contribution in [0, 0.1) is 6.92 Å². The predicted molar refractivity (Wildman–Crippen MR) is 90.8 cm³/mol. The van der Waals surface area contributed by atoms with Crippen molar-refractivity contribution in [3.05, 3.63) is 54.1 Å². The van der Waals surface area contributed by atoms with E-state index < -0.39 is 25.1 Å². The lowest BCUT2D eigenvalue weighted by Crippen LogP contribution is -2.16. The molecule has 0 bridgehead atoms. The number of anilines is 1. The highest BCUT2D eigenvalue weighted by atomic mass is 32.2. The summed E-state index contributed by atoms with van der Waals surface area (Å²) >= 11 is 0. The molecule has 0 amide bonds. The van der Waals surface area contributed by atoms with E-state index in [4.69, 9.17) is 0 Å². The molecule has 0 saturated heterocycles. The van der Waals surface area contributed by atoms with Crippen LogP contribution < -0.4 is 4.72 Å². The van der Waals surface area contributed by atoms with Gasteiger partial charge in [-0.15, -0.1) is 0 Å². The normalized spacial score (nSPS) is 12.3. The molecular weight excluding hydrogens is 334 g/mol. The summed E-state index contributed by atoms with van der Waals surface area (Å²) in [5.41, 5.74) is 1.17. The first kappa shape index (κ1) is 17.5. The number of hydrogen-bond acceptors (Lipinski definition) is 4. The van der Waals surface area contributed by atoms with E-state index in [1.165, 1.54) is 36.4 Å². The highest BCUT2D eigenvalue weighted by molar-refractivity contribution is 7.93. The van der Waals surface area contributed by atoms with Gasteiger partial charge in [0.2, 0.25) is 0 Å². The molecule has 0 spiro atoms. The van der Waals surface area contributed by atoms with Gasteiger partial charge in [0.05, 0.1) is 20.7 Å². The van der Waals surface area contributed by atoms with Crippen molar-refractivity contribution in [2.45, 2.75) is 35.8 Å². The fourth-order valence-electron chi connectivity index (χ4n) is 1.94. The Hall–Kier alpha value is -1.86. The first-order valence-corrected chi connectivity index (χ1v) is 10.1. The molecule has 0 atom stereocenters. The summed E-state index contributed by atoms with van der Waals surface area (Å²) in [6, 6.07) is 12.2. The van der Waals surface area contributed by atoms with Crippen LogP contribution in [0.1, 0.15) is 19.4 Å². The zero-order chi connectivity index (χ0) is 17.3. The number of hydrogen-bond donors (Lipinski definition) is 1. The summed E-state index contributed by atoms with van der Waals surface area (Å²) in [4.78, 5) is 0.219. The van der Waals surface area contributed by atoms with Crippen molar-refractivity contribution in [2.75, 3.05) is 4.72 Å². The molecule has 0 unspecified atom stereocenters. The molecule has 0 radical (unpaired) electrons. The van der Waals surface area contributed by atoms with Gasteiger partial charge in [0, 0.05) is 0 Å². The van der Waals surface area contributed by atoms with Crippen LogP contribution in [-0.4, -0.2) is 22.1 Å². The first-order valence-electron chi connectivity index (χ1n) is 7.06. The smallest absolute Gasteiger partial charge is 0.261 e. The molecule has 7 heteroatoms. The van der Waals surface area contributed by atoms with E-state index in [2.05, 4.69) is 4.72 Å². The van der Waals surface area contributed by atoms with Gasteiger partial charge in [-0.05, 0) is 51.1 Å². The van der Waals surface area contributed by atoms with Crippen LogP contribution in [0.2, 0.25) is 0 Å². The second-order valence-electron chi connectivity index (χ2n) is 5.54. The minimum Gasteiger partial charge on any atom is -0.280 e. The molecule has 0 saturated carbocycles. The van der Waals surface area contributed by atoms with Crippen molar-refractivity contribution in [1.29, 1.82) is 0 Å². The van der Waals surface area contributed by atoms with Crippen LogP contribution >= 0.6 is 0 Å².